The van der Waals surface area contributed by atoms with Gasteiger partial charge in [0.1, 0.15) is 5.75 Å². The number of anilines is 1. The van der Waals surface area contributed by atoms with Gasteiger partial charge in [-0.1, -0.05) is 24.6 Å². The fraction of sp³-hybridized carbons (Fsp3) is 0.481. The second-order valence-corrected chi connectivity index (χ2v) is 10.8. The monoisotopic (exact) mass is 450 g/mol. The highest BCUT2D eigenvalue weighted by atomic mass is 16.6. The third kappa shape index (κ3) is 4.24. The van der Waals surface area contributed by atoms with Crippen molar-refractivity contribution < 1.29 is 14.1 Å². The lowest BCUT2D eigenvalue weighted by Gasteiger charge is -2.47. The van der Waals surface area contributed by atoms with E-state index >= 15 is 0 Å². The minimum absolute atomic E-state index is 0.0812. The van der Waals surface area contributed by atoms with E-state index in [1.807, 2.05) is 6.08 Å². The van der Waals surface area contributed by atoms with Crippen LogP contribution in [0.1, 0.15) is 50.7 Å². The number of rotatable bonds is 8. The van der Waals surface area contributed by atoms with Crippen LogP contribution >= 0.6 is 0 Å². The Balaban J connectivity index is 1.59. The van der Waals surface area contributed by atoms with E-state index in [2.05, 4.69) is 70.2 Å². The Bertz CT molecular complexity index is 1070. The maximum absolute atomic E-state index is 11.2. The molecule has 0 N–H and O–H groups in total. The first-order valence-electron chi connectivity index (χ1n) is 11.9. The molecule has 0 aromatic heterocycles. The Labute approximate surface area is 197 Å². The highest BCUT2D eigenvalue weighted by Crippen LogP contribution is 2.55. The molecule has 0 radical (unpaired) electrons. The molecule has 0 bridgehead atoms. The normalized spacial score (nSPS) is 20.5. The van der Waals surface area contributed by atoms with Crippen molar-refractivity contribution in [1.29, 1.82) is 0 Å². The van der Waals surface area contributed by atoms with E-state index < -0.39 is 5.72 Å². The van der Waals surface area contributed by atoms with Gasteiger partial charge >= 0.3 is 0 Å². The third-order valence-electron chi connectivity index (χ3n) is 7.08. The van der Waals surface area contributed by atoms with E-state index in [-0.39, 0.29) is 16.0 Å². The molecule has 6 heteroatoms. The maximum Gasteiger partial charge on any atom is 0.270 e. The minimum Gasteiger partial charge on any atom is -0.463 e. The van der Waals surface area contributed by atoms with Gasteiger partial charge < -0.3 is 14.1 Å². The average molecular weight is 451 g/mol. The number of para-hydroxylation sites is 1. The summed E-state index contributed by atoms with van der Waals surface area (Å²) in [5, 5.41) is 11.2. The van der Waals surface area contributed by atoms with Crippen LogP contribution in [0.3, 0.4) is 0 Å². The molecule has 2 aliphatic heterocycles. The number of nitrogens with zero attached hydrogens (tertiary/aromatic N) is 3. The number of non-ortho nitro benzene ring substituents is 1. The molecule has 176 valence electrons. The summed E-state index contributed by atoms with van der Waals surface area (Å²) in [6, 6.07) is 13.4. The molecule has 1 atom stereocenters. The largest absolute Gasteiger partial charge is 0.463 e. The summed E-state index contributed by atoms with van der Waals surface area (Å²) in [5.41, 5.74) is 2.36. The molecule has 2 heterocycles. The van der Waals surface area contributed by atoms with E-state index in [1.165, 1.54) is 43.1 Å². The number of nitro benzene ring substituents is 1. The Morgan fingerprint density at radius 3 is 2.48 bits per heavy atom. The van der Waals surface area contributed by atoms with Crippen molar-refractivity contribution in [2.75, 3.05) is 39.1 Å². The quantitative estimate of drug-likeness (QED) is 0.222. The molecule has 6 nitrogen and oxygen atoms in total. The van der Waals surface area contributed by atoms with E-state index in [4.69, 9.17) is 4.74 Å². The van der Waals surface area contributed by atoms with Crippen molar-refractivity contribution in [3.8, 4) is 5.75 Å². The highest BCUT2D eigenvalue weighted by Gasteiger charge is 2.58. The summed E-state index contributed by atoms with van der Waals surface area (Å²) in [5.74, 6) is 0.692. The molecule has 1 spiro atoms. The van der Waals surface area contributed by atoms with Gasteiger partial charge in [-0.2, -0.15) is 0 Å². The van der Waals surface area contributed by atoms with Crippen molar-refractivity contribution in [3.63, 3.8) is 0 Å². The van der Waals surface area contributed by atoms with Gasteiger partial charge in [-0.05, 0) is 63.0 Å². The van der Waals surface area contributed by atoms with Gasteiger partial charge in [0.05, 0.1) is 38.0 Å². The average Bonchev–Trinajstić information content (AvgIpc) is 2.93. The molecule has 0 amide bonds. The van der Waals surface area contributed by atoms with Crippen molar-refractivity contribution in [1.82, 2.24) is 0 Å². The molecule has 0 saturated carbocycles. The highest BCUT2D eigenvalue weighted by molar-refractivity contribution is 5.73. The van der Waals surface area contributed by atoms with Gasteiger partial charge in [0.15, 0.2) is 0 Å². The maximum atomic E-state index is 11.2. The van der Waals surface area contributed by atoms with Crippen molar-refractivity contribution in [3.05, 3.63) is 69.8 Å². The third-order valence-corrected chi connectivity index (χ3v) is 7.08. The van der Waals surface area contributed by atoms with Crippen molar-refractivity contribution in [2.24, 2.45) is 0 Å². The number of ether oxygens (including phenoxy) is 1. The zero-order valence-electron chi connectivity index (χ0n) is 20.5. The molecular weight excluding hydrogens is 414 g/mol. The minimum atomic E-state index is -0.665. The van der Waals surface area contributed by atoms with E-state index in [0.717, 1.165) is 23.0 Å². The molecular formula is C27H36N3O3+. The van der Waals surface area contributed by atoms with Crippen LogP contribution in [0.25, 0.3) is 6.08 Å². The standard InChI is InChI=1S/C27H36N3O3/c1-26(2)23-12-8-9-13-24(23)28(18-10-6-7-11-19-30(3,4)5)27(26)17-16-21-20-22(29(31)32)14-15-25(21)33-27/h8-9,12-17,20H,6-7,10-11,18-19H2,1-5H3/q+1. The molecule has 4 rings (SSSR count). The Hall–Kier alpha value is -2.86. The fourth-order valence-electron chi connectivity index (χ4n) is 5.20. The van der Waals surface area contributed by atoms with Crippen LogP contribution < -0.4 is 9.64 Å². The summed E-state index contributed by atoms with van der Waals surface area (Å²) >= 11 is 0. The van der Waals surface area contributed by atoms with Gasteiger partial charge in [0.25, 0.3) is 5.69 Å². The number of quaternary nitrogens is 1. The predicted molar refractivity (Wildman–Crippen MR) is 134 cm³/mol. The molecule has 0 aliphatic carbocycles. The lowest BCUT2D eigenvalue weighted by atomic mass is 9.76. The lowest BCUT2D eigenvalue weighted by Crippen LogP contribution is -2.59. The molecule has 0 fully saturated rings. The van der Waals surface area contributed by atoms with E-state index in [1.54, 1.807) is 12.1 Å². The van der Waals surface area contributed by atoms with E-state index in [0.29, 0.717) is 5.75 Å². The Morgan fingerprint density at radius 2 is 1.76 bits per heavy atom. The molecule has 1 unspecified atom stereocenters. The molecule has 2 aromatic carbocycles. The number of fused-ring (bicyclic) bond motifs is 2. The Morgan fingerprint density at radius 1 is 1.03 bits per heavy atom. The van der Waals surface area contributed by atoms with Crippen LogP contribution in [0.4, 0.5) is 11.4 Å². The van der Waals surface area contributed by atoms with Gasteiger partial charge in [0.2, 0.25) is 5.72 Å². The first kappa shape index (κ1) is 23.3. The number of unbranched alkanes of at least 4 members (excludes halogenated alkanes) is 3. The molecule has 33 heavy (non-hydrogen) atoms. The first-order valence-corrected chi connectivity index (χ1v) is 11.9. The number of hydrogen-bond donors (Lipinski definition) is 0. The summed E-state index contributed by atoms with van der Waals surface area (Å²) in [6.07, 6.45) is 8.84. The van der Waals surface area contributed by atoms with Crippen LogP contribution in [0, 0.1) is 10.1 Å². The summed E-state index contributed by atoms with van der Waals surface area (Å²) < 4.78 is 7.77. The van der Waals surface area contributed by atoms with Gasteiger partial charge in [0, 0.05) is 29.9 Å². The van der Waals surface area contributed by atoms with Crippen LogP contribution in [0.15, 0.2) is 48.5 Å². The van der Waals surface area contributed by atoms with E-state index in [9.17, 15) is 10.1 Å². The van der Waals surface area contributed by atoms with Crippen LogP contribution in [0.2, 0.25) is 0 Å². The second kappa shape index (κ2) is 8.49. The second-order valence-electron chi connectivity index (χ2n) is 10.8. The molecule has 0 saturated heterocycles. The molecule has 2 aromatic rings. The Kier molecular flexibility index (Phi) is 5.99. The van der Waals surface area contributed by atoms with Crippen LogP contribution in [-0.4, -0.2) is 49.4 Å². The summed E-state index contributed by atoms with van der Waals surface area (Å²) in [6.45, 7) is 6.55. The van der Waals surface area contributed by atoms with Gasteiger partial charge in [-0.3, -0.25) is 10.1 Å². The van der Waals surface area contributed by atoms with Crippen molar-refractivity contribution >= 4 is 17.5 Å². The van der Waals surface area contributed by atoms with Gasteiger partial charge in [-0.25, -0.2) is 0 Å². The molecule has 2 aliphatic rings. The van der Waals surface area contributed by atoms with Gasteiger partial charge in [-0.15, -0.1) is 0 Å². The summed E-state index contributed by atoms with van der Waals surface area (Å²) in [7, 11) is 6.73. The SMILES string of the molecule is CC1(C)c2ccccc2N(CCCCCC[N+](C)(C)C)C12C=Cc1cc([N+](=O)[O-])ccc1O2. The number of hydrogen-bond acceptors (Lipinski definition) is 4. The zero-order chi connectivity index (χ0) is 23.9. The topological polar surface area (TPSA) is 55.6 Å². The predicted octanol–water partition coefficient (Wildman–Crippen LogP) is 5.76. The first-order chi connectivity index (χ1) is 15.6. The van der Waals surface area contributed by atoms with Crippen LogP contribution in [0.5, 0.6) is 5.75 Å². The summed E-state index contributed by atoms with van der Waals surface area (Å²) in [4.78, 5) is 13.3. The number of nitro groups is 1. The number of benzene rings is 2. The smallest absolute Gasteiger partial charge is 0.270 e. The van der Waals surface area contributed by atoms with Crippen LogP contribution in [-0.2, 0) is 5.41 Å². The lowest BCUT2D eigenvalue weighted by molar-refractivity contribution is -0.870. The fourth-order valence-corrected chi connectivity index (χ4v) is 5.20. The zero-order valence-corrected chi connectivity index (χ0v) is 20.5. The van der Waals surface area contributed by atoms with Crippen molar-refractivity contribution in [2.45, 2.75) is 50.7 Å².